The largest absolute Gasteiger partial charge is 0.457 e. The van der Waals surface area contributed by atoms with Crippen molar-refractivity contribution in [3.63, 3.8) is 0 Å². The summed E-state index contributed by atoms with van der Waals surface area (Å²) in [5, 5.41) is 11.6. The Kier molecular flexibility index (Phi) is 5.98. The maximum absolute atomic E-state index is 13.9. The van der Waals surface area contributed by atoms with E-state index in [0.29, 0.717) is 32.8 Å². The minimum Gasteiger partial charge on any atom is -0.457 e. The Morgan fingerprint density at radius 3 is 2.73 bits per heavy atom. The number of rotatable bonds is 4. The molecule has 7 nitrogen and oxygen atoms in total. The molecular formula is C31H20BrN3O4S. The minimum absolute atomic E-state index is 0.00866. The minimum atomic E-state index is -0.490. The van der Waals surface area contributed by atoms with Gasteiger partial charge in [0.1, 0.15) is 11.5 Å². The summed E-state index contributed by atoms with van der Waals surface area (Å²) in [5.41, 5.74) is 5.50. The maximum atomic E-state index is 13.9. The number of aromatic nitrogens is 1. The molecule has 9 heteroatoms. The molecule has 0 bridgehead atoms. The Bertz CT molecular complexity index is 2050. The molecule has 196 valence electrons. The van der Waals surface area contributed by atoms with Gasteiger partial charge in [-0.25, -0.2) is 4.99 Å². The second kappa shape index (κ2) is 9.69. The zero-order chi connectivity index (χ0) is 27.4. The van der Waals surface area contributed by atoms with Crippen LogP contribution < -0.4 is 14.9 Å². The summed E-state index contributed by atoms with van der Waals surface area (Å²) in [4.78, 5) is 30.7. The Hall–Kier alpha value is -4.34. The van der Waals surface area contributed by atoms with E-state index in [1.165, 1.54) is 23.0 Å². The number of non-ortho nitro benzene ring substituents is 1. The van der Waals surface area contributed by atoms with E-state index < -0.39 is 11.0 Å². The fourth-order valence-corrected chi connectivity index (χ4v) is 6.87. The SMILES string of the molecule is O=c1/c(=C\c2ccc(-c3cccc(Br)c3)o2)sc2n1[C@H](c1cccc([N+](=O)[O-])c1)C1=C(N=2)c2ccccc2CC1. The van der Waals surface area contributed by atoms with Gasteiger partial charge in [-0.2, -0.15) is 0 Å². The molecule has 0 radical (unpaired) electrons. The topological polar surface area (TPSA) is 90.6 Å². The molecule has 0 fully saturated rings. The first-order chi connectivity index (χ1) is 19.5. The van der Waals surface area contributed by atoms with E-state index >= 15 is 0 Å². The summed E-state index contributed by atoms with van der Waals surface area (Å²) in [5.74, 6) is 1.25. The van der Waals surface area contributed by atoms with Crippen molar-refractivity contribution in [1.82, 2.24) is 4.57 Å². The number of thiazole rings is 1. The summed E-state index contributed by atoms with van der Waals surface area (Å²) < 4.78 is 9.19. The molecule has 2 aromatic heterocycles. The van der Waals surface area contributed by atoms with Crippen LogP contribution in [0.4, 0.5) is 5.69 Å². The zero-order valence-corrected chi connectivity index (χ0v) is 23.3. The molecule has 40 heavy (non-hydrogen) atoms. The first-order valence-corrected chi connectivity index (χ1v) is 14.3. The van der Waals surface area contributed by atoms with Gasteiger partial charge in [-0.15, -0.1) is 0 Å². The van der Waals surface area contributed by atoms with Crippen molar-refractivity contribution in [3.8, 4) is 11.3 Å². The third-order valence-corrected chi connectivity index (χ3v) is 8.76. The molecule has 3 heterocycles. The average molecular weight is 610 g/mol. The average Bonchev–Trinajstić information content (AvgIpc) is 3.56. The molecule has 0 spiro atoms. The Labute approximate surface area is 240 Å². The molecule has 7 rings (SSSR count). The lowest BCUT2D eigenvalue weighted by Gasteiger charge is -2.30. The summed E-state index contributed by atoms with van der Waals surface area (Å²) >= 11 is 4.79. The van der Waals surface area contributed by atoms with E-state index in [4.69, 9.17) is 9.41 Å². The van der Waals surface area contributed by atoms with Gasteiger partial charge in [0, 0.05) is 33.8 Å². The summed E-state index contributed by atoms with van der Waals surface area (Å²) in [6.45, 7) is 0. The van der Waals surface area contributed by atoms with Crippen LogP contribution in [0.5, 0.6) is 0 Å². The predicted molar refractivity (Wildman–Crippen MR) is 158 cm³/mol. The number of aryl methyl sites for hydroxylation is 1. The van der Waals surface area contributed by atoms with Gasteiger partial charge in [0.25, 0.3) is 11.2 Å². The van der Waals surface area contributed by atoms with Crippen LogP contribution in [0.2, 0.25) is 0 Å². The number of fused-ring (bicyclic) bond motifs is 3. The van der Waals surface area contributed by atoms with Gasteiger partial charge >= 0.3 is 0 Å². The lowest BCUT2D eigenvalue weighted by Crippen LogP contribution is -2.38. The van der Waals surface area contributed by atoms with E-state index in [0.717, 1.165) is 33.3 Å². The standard InChI is InChI=1S/C31H20BrN3O4S/c32-21-8-3-6-19(15-21)26-14-12-23(39-26)17-27-30(36)34-29(20-7-4-9-22(16-20)35(37)38)25-13-11-18-5-1-2-10-24(18)28(25)33-31(34)40-27/h1-10,12,14-17,29H,11,13H2/b27-17+/t29-/m1/s1. The summed E-state index contributed by atoms with van der Waals surface area (Å²) in [6, 6.07) is 25.8. The molecule has 0 N–H and O–H groups in total. The highest BCUT2D eigenvalue weighted by Crippen LogP contribution is 2.41. The smallest absolute Gasteiger partial charge is 0.271 e. The molecule has 1 aliphatic heterocycles. The highest BCUT2D eigenvalue weighted by atomic mass is 79.9. The number of hydrogen-bond donors (Lipinski definition) is 0. The van der Waals surface area contributed by atoms with Gasteiger partial charge in [0.05, 0.1) is 21.2 Å². The molecule has 0 saturated carbocycles. The highest BCUT2D eigenvalue weighted by Gasteiger charge is 2.33. The number of benzene rings is 3. The van der Waals surface area contributed by atoms with Gasteiger partial charge in [0.2, 0.25) is 0 Å². The number of halogens is 1. The number of hydrogen-bond acceptors (Lipinski definition) is 6. The first-order valence-electron chi connectivity index (χ1n) is 12.7. The van der Waals surface area contributed by atoms with E-state index in [2.05, 4.69) is 28.1 Å². The van der Waals surface area contributed by atoms with E-state index in [9.17, 15) is 14.9 Å². The summed E-state index contributed by atoms with van der Waals surface area (Å²) in [6.07, 6.45) is 3.26. The molecule has 3 aromatic carbocycles. The second-order valence-corrected chi connectivity index (χ2v) is 11.6. The van der Waals surface area contributed by atoms with E-state index in [1.54, 1.807) is 22.8 Å². The quantitative estimate of drug-likeness (QED) is 0.178. The third-order valence-electron chi connectivity index (χ3n) is 7.28. The monoisotopic (exact) mass is 609 g/mol. The van der Waals surface area contributed by atoms with Gasteiger partial charge in [-0.05, 0) is 53.8 Å². The molecular weight excluding hydrogens is 590 g/mol. The molecule has 0 saturated heterocycles. The lowest BCUT2D eigenvalue weighted by molar-refractivity contribution is -0.384. The van der Waals surface area contributed by atoms with Crippen molar-refractivity contribution in [2.75, 3.05) is 0 Å². The zero-order valence-electron chi connectivity index (χ0n) is 20.9. The van der Waals surface area contributed by atoms with Gasteiger partial charge in [-0.3, -0.25) is 19.5 Å². The van der Waals surface area contributed by atoms with Crippen molar-refractivity contribution in [1.29, 1.82) is 0 Å². The normalized spacial score (nSPS) is 16.2. The van der Waals surface area contributed by atoms with E-state index in [-0.39, 0.29) is 11.2 Å². The van der Waals surface area contributed by atoms with Crippen LogP contribution in [-0.2, 0) is 6.42 Å². The number of nitro groups is 1. The van der Waals surface area contributed by atoms with E-state index in [1.807, 2.05) is 54.6 Å². The van der Waals surface area contributed by atoms with Gasteiger partial charge < -0.3 is 4.42 Å². The van der Waals surface area contributed by atoms with Crippen molar-refractivity contribution >= 4 is 44.7 Å². The second-order valence-electron chi connectivity index (χ2n) is 9.68. The Morgan fingerprint density at radius 2 is 1.88 bits per heavy atom. The number of nitrogens with zero attached hydrogens (tertiary/aromatic N) is 3. The lowest BCUT2D eigenvalue weighted by atomic mass is 9.83. The molecule has 5 aromatic rings. The molecule has 2 aliphatic rings. The number of allylic oxidation sites excluding steroid dienone is 1. The van der Waals surface area contributed by atoms with Gasteiger partial charge in [-0.1, -0.05) is 75.8 Å². The Balaban J connectivity index is 1.41. The van der Waals surface area contributed by atoms with Crippen LogP contribution in [0.3, 0.4) is 0 Å². The van der Waals surface area contributed by atoms with Crippen molar-refractivity contribution in [3.05, 3.63) is 147 Å². The third kappa shape index (κ3) is 4.18. The molecule has 1 aliphatic carbocycles. The number of furan rings is 1. The van der Waals surface area contributed by atoms with Crippen LogP contribution in [0, 0.1) is 10.1 Å². The fraction of sp³-hybridized carbons (Fsp3) is 0.0968. The Morgan fingerprint density at radius 1 is 1.02 bits per heavy atom. The van der Waals surface area contributed by atoms with Crippen molar-refractivity contribution in [2.45, 2.75) is 18.9 Å². The van der Waals surface area contributed by atoms with Crippen LogP contribution in [-0.4, -0.2) is 9.49 Å². The van der Waals surface area contributed by atoms with Crippen LogP contribution >= 0.6 is 27.3 Å². The van der Waals surface area contributed by atoms with Crippen LogP contribution in [0.1, 0.15) is 34.9 Å². The van der Waals surface area contributed by atoms with Crippen molar-refractivity contribution in [2.24, 2.45) is 4.99 Å². The summed E-state index contributed by atoms with van der Waals surface area (Å²) in [7, 11) is 0. The maximum Gasteiger partial charge on any atom is 0.271 e. The molecule has 0 amide bonds. The predicted octanol–water partition coefficient (Wildman–Crippen LogP) is 6.25. The van der Waals surface area contributed by atoms with Crippen LogP contribution in [0.15, 0.2) is 109 Å². The van der Waals surface area contributed by atoms with Crippen LogP contribution in [0.25, 0.3) is 23.1 Å². The van der Waals surface area contributed by atoms with Gasteiger partial charge in [0.15, 0.2) is 4.80 Å². The fourth-order valence-electron chi connectivity index (χ4n) is 5.49. The highest BCUT2D eigenvalue weighted by molar-refractivity contribution is 9.10. The molecule has 0 unspecified atom stereocenters. The number of nitro benzene ring substituents is 1. The molecule has 1 atom stereocenters. The first kappa shape index (κ1) is 24.7. The van der Waals surface area contributed by atoms with Crippen molar-refractivity contribution < 1.29 is 9.34 Å².